The summed E-state index contributed by atoms with van der Waals surface area (Å²) in [6.45, 7) is 8.78. The van der Waals surface area contributed by atoms with Crippen LogP contribution in [0.2, 0.25) is 0 Å². The third kappa shape index (κ3) is 7.29. The number of ether oxygens (including phenoxy) is 1. The molecule has 0 spiro atoms. The highest BCUT2D eigenvalue weighted by atomic mass is 16.5. The van der Waals surface area contributed by atoms with E-state index in [1.807, 2.05) is 4.57 Å². The van der Waals surface area contributed by atoms with Gasteiger partial charge in [0.1, 0.15) is 18.4 Å². The van der Waals surface area contributed by atoms with Crippen molar-refractivity contribution in [3.05, 3.63) is 42.0 Å². The maximum atomic E-state index is 6.08. The van der Waals surface area contributed by atoms with E-state index in [0.29, 0.717) is 6.54 Å². The van der Waals surface area contributed by atoms with Crippen molar-refractivity contribution in [2.45, 2.75) is 59.2 Å². The van der Waals surface area contributed by atoms with Gasteiger partial charge in [0, 0.05) is 32.2 Å². The van der Waals surface area contributed by atoms with E-state index in [0.717, 1.165) is 49.6 Å². The summed E-state index contributed by atoms with van der Waals surface area (Å²) in [7, 11) is 1.79. The molecule has 0 radical (unpaired) electrons. The van der Waals surface area contributed by atoms with Crippen LogP contribution >= 0.6 is 0 Å². The van der Waals surface area contributed by atoms with E-state index in [2.05, 4.69) is 64.8 Å². The number of hydrogen-bond donors (Lipinski definition) is 2. The quantitative estimate of drug-likeness (QED) is 0.381. The number of aliphatic imine (C=N–C) groups is 1. The lowest BCUT2D eigenvalue weighted by molar-refractivity contribution is 0.215. The highest BCUT2D eigenvalue weighted by molar-refractivity contribution is 5.79. The first kappa shape index (κ1) is 20.7. The Labute approximate surface area is 162 Å². The number of guanidine groups is 1. The fourth-order valence-electron chi connectivity index (χ4n) is 2.58. The molecule has 2 rings (SSSR count). The van der Waals surface area contributed by atoms with Crippen molar-refractivity contribution in [2.24, 2.45) is 4.99 Å². The van der Waals surface area contributed by atoms with Crippen LogP contribution in [0.1, 0.15) is 44.2 Å². The molecule has 1 atom stereocenters. The third-order valence-corrected chi connectivity index (χ3v) is 4.40. The molecule has 2 aromatic rings. The van der Waals surface area contributed by atoms with Gasteiger partial charge >= 0.3 is 0 Å². The molecule has 7 nitrogen and oxygen atoms in total. The van der Waals surface area contributed by atoms with Gasteiger partial charge in [-0.1, -0.05) is 19.1 Å². The zero-order valence-corrected chi connectivity index (χ0v) is 16.9. The van der Waals surface area contributed by atoms with E-state index in [1.54, 1.807) is 19.7 Å². The largest absolute Gasteiger partial charge is 0.490 e. The first-order valence-corrected chi connectivity index (χ1v) is 9.65. The predicted molar refractivity (Wildman–Crippen MR) is 109 cm³/mol. The van der Waals surface area contributed by atoms with Gasteiger partial charge < -0.3 is 19.9 Å². The summed E-state index contributed by atoms with van der Waals surface area (Å²) in [6, 6.07) is 6.33. The molecule has 27 heavy (non-hydrogen) atoms. The van der Waals surface area contributed by atoms with Crippen LogP contribution in [0.4, 0.5) is 0 Å². The number of hydrogen-bond acceptors (Lipinski definition) is 4. The average molecular weight is 373 g/mol. The van der Waals surface area contributed by atoms with E-state index >= 15 is 0 Å². The molecule has 0 saturated carbocycles. The number of rotatable bonds is 10. The number of unbranched alkanes of at least 4 members (excludes halogenated alkanes) is 1. The maximum Gasteiger partial charge on any atom is 0.191 e. The van der Waals surface area contributed by atoms with Crippen LogP contribution < -0.4 is 15.4 Å². The number of aromatic nitrogens is 3. The fourth-order valence-corrected chi connectivity index (χ4v) is 2.58. The van der Waals surface area contributed by atoms with E-state index in [9.17, 15) is 0 Å². The van der Waals surface area contributed by atoms with Gasteiger partial charge in [-0.25, -0.2) is 0 Å². The molecule has 0 aliphatic rings. The van der Waals surface area contributed by atoms with E-state index in [1.165, 1.54) is 5.56 Å². The van der Waals surface area contributed by atoms with Gasteiger partial charge in [0.05, 0.1) is 6.10 Å². The number of nitrogens with zero attached hydrogens (tertiary/aromatic N) is 4. The first-order valence-electron chi connectivity index (χ1n) is 9.65. The van der Waals surface area contributed by atoms with Crippen LogP contribution in [0.5, 0.6) is 5.75 Å². The van der Waals surface area contributed by atoms with Crippen LogP contribution in [0, 0.1) is 6.92 Å². The molecular formula is C20H32N6O. The topological polar surface area (TPSA) is 76.4 Å². The lowest BCUT2D eigenvalue weighted by Gasteiger charge is -2.18. The minimum Gasteiger partial charge on any atom is -0.490 e. The second kappa shape index (κ2) is 11.2. The molecule has 1 unspecified atom stereocenters. The van der Waals surface area contributed by atoms with Gasteiger partial charge in [-0.15, -0.1) is 10.2 Å². The van der Waals surface area contributed by atoms with Crippen molar-refractivity contribution in [1.29, 1.82) is 0 Å². The van der Waals surface area contributed by atoms with Crippen LogP contribution in [0.15, 0.2) is 35.8 Å². The van der Waals surface area contributed by atoms with Crippen LogP contribution in [0.3, 0.4) is 0 Å². The van der Waals surface area contributed by atoms with Crippen molar-refractivity contribution in [3.63, 3.8) is 0 Å². The Morgan fingerprint density at radius 1 is 1.22 bits per heavy atom. The molecule has 1 aromatic heterocycles. The summed E-state index contributed by atoms with van der Waals surface area (Å²) >= 11 is 0. The summed E-state index contributed by atoms with van der Waals surface area (Å²) in [5, 5.41) is 14.4. The Kier molecular flexibility index (Phi) is 8.61. The van der Waals surface area contributed by atoms with E-state index < -0.39 is 0 Å². The summed E-state index contributed by atoms with van der Waals surface area (Å²) in [5.41, 5.74) is 2.34. The summed E-state index contributed by atoms with van der Waals surface area (Å²) < 4.78 is 8.07. The number of nitrogens with one attached hydrogen (secondary N) is 2. The van der Waals surface area contributed by atoms with Crippen molar-refractivity contribution >= 4 is 5.96 Å². The van der Waals surface area contributed by atoms with Gasteiger partial charge in [0.25, 0.3) is 0 Å². The summed E-state index contributed by atoms with van der Waals surface area (Å²) in [5.74, 6) is 1.75. The SMILES string of the molecule is CCC(C)Oc1cc(C)ccc1CNC(=NC)NCCCCn1cnnc1. The molecule has 0 aliphatic heterocycles. The molecule has 2 N–H and O–H groups in total. The molecule has 148 valence electrons. The predicted octanol–water partition coefficient (Wildman–Crippen LogP) is 2.91. The Hall–Kier alpha value is -2.57. The minimum absolute atomic E-state index is 0.202. The lowest BCUT2D eigenvalue weighted by Crippen LogP contribution is -2.37. The van der Waals surface area contributed by atoms with Crippen molar-refractivity contribution < 1.29 is 4.74 Å². The van der Waals surface area contributed by atoms with Gasteiger partial charge in [0.15, 0.2) is 5.96 Å². The summed E-state index contributed by atoms with van der Waals surface area (Å²) in [6.07, 6.45) is 6.79. The number of benzene rings is 1. The van der Waals surface area contributed by atoms with Crippen LogP contribution in [-0.2, 0) is 13.1 Å². The molecule has 0 aliphatic carbocycles. The van der Waals surface area contributed by atoms with E-state index in [-0.39, 0.29) is 6.10 Å². The smallest absolute Gasteiger partial charge is 0.191 e. The van der Waals surface area contributed by atoms with Crippen molar-refractivity contribution in [1.82, 2.24) is 25.4 Å². The molecule has 7 heteroatoms. The standard InChI is InChI=1S/C20H32N6O/c1-5-17(3)27-19-12-16(2)8-9-18(19)13-23-20(21-4)22-10-6-7-11-26-14-24-25-15-26/h8-9,12,14-15,17H,5-7,10-11,13H2,1-4H3,(H2,21,22,23). The molecule has 0 saturated heterocycles. The van der Waals surface area contributed by atoms with Gasteiger partial charge in [-0.2, -0.15) is 0 Å². The highest BCUT2D eigenvalue weighted by Gasteiger charge is 2.08. The first-order chi connectivity index (χ1) is 13.1. The molecule has 0 amide bonds. The Balaban J connectivity index is 1.77. The Morgan fingerprint density at radius 3 is 2.70 bits per heavy atom. The Bertz CT molecular complexity index is 699. The fraction of sp³-hybridized carbons (Fsp3) is 0.550. The molecular weight excluding hydrogens is 340 g/mol. The van der Waals surface area contributed by atoms with Gasteiger partial charge in [-0.05, 0) is 44.7 Å². The highest BCUT2D eigenvalue weighted by Crippen LogP contribution is 2.22. The van der Waals surface area contributed by atoms with E-state index in [4.69, 9.17) is 4.74 Å². The average Bonchev–Trinajstić information content (AvgIpc) is 3.18. The van der Waals surface area contributed by atoms with Crippen molar-refractivity contribution in [2.75, 3.05) is 13.6 Å². The molecule has 0 fully saturated rings. The second-order valence-corrected chi connectivity index (χ2v) is 6.71. The molecule has 0 bridgehead atoms. The van der Waals surface area contributed by atoms with Crippen molar-refractivity contribution in [3.8, 4) is 5.75 Å². The monoisotopic (exact) mass is 372 g/mol. The zero-order chi connectivity index (χ0) is 19.5. The van der Waals surface area contributed by atoms with Gasteiger partial charge in [0.2, 0.25) is 0 Å². The van der Waals surface area contributed by atoms with Crippen LogP contribution in [-0.4, -0.2) is 40.4 Å². The minimum atomic E-state index is 0.202. The lowest BCUT2D eigenvalue weighted by atomic mass is 10.1. The zero-order valence-electron chi connectivity index (χ0n) is 16.9. The maximum absolute atomic E-state index is 6.08. The van der Waals surface area contributed by atoms with Crippen LogP contribution in [0.25, 0.3) is 0 Å². The second-order valence-electron chi connectivity index (χ2n) is 6.71. The Morgan fingerprint density at radius 2 is 2.00 bits per heavy atom. The van der Waals surface area contributed by atoms with Gasteiger partial charge in [-0.3, -0.25) is 4.99 Å². The third-order valence-electron chi connectivity index (χ3n) is 4.40. The number of aryl methyl sites for hydroxylation is 2. The normalized spacial score (nSPS) is 12.7. The summed E-state index contributed by atoms with van der Waals surface area (Å²) in [4.78, 5) is 4.30. The molecule has 1 aromatic carbocycles. The molecule has 1 heterocycles.